The van der Waals surface area contributed by atoms with E-state index in [1.165, 1.54) is 17.0 Å². The first-order valence-corrected chi connectivity index (χ1v) is 12.2. The van der Waals surface area contributed by atoms with Crippen LogP contribution in [0.5, 0.6) is 0 Å². The molecule has 0 radical (unpaired) electrons. The highest BCUT2D eigenvalue weighted by molar-refractivity contribution is 5.93. The molecule has 0 atom stereocenters. The van der Waals surface area contributed by atoms with Crippen LogP contribution in [0.3, 0.4) is 0 Å². The smallest absolute Gasteiger partial charge is 0.314 e. The molecule has 1 fully saturated rings. The molecule has 1 saturated carbocycles. The number of aromatic nitrogens is 1. The van der Waals surface area contributed by atoms with Gasteiger partial charge in [-0.15, -0.1) is 0 Å². The average Bonchev–Trinajstić information content (AvgIpc) is 3.65. The van der Waals surface area contributed by atoms with Gasteiger partial charge in [-0.05, 0) is 61.1 Å². The maximum Gasteiger partial charge on any atom is 0.314 e. The lowest BCUT2D eigenvalue weighted by Gasteiger charge is -2.17. The van der Waals surface area contributed by atoms with Crippen LogP contribution in [0.1, 0.15) is 36.1 Å². The van der Waals surface area contributed by atoms with Gasteiger partial charge in [-0.3, -0.25) is 9.59 Å². The number of hydrogen-bond acceptors (Lipinski definition) is 4. The second-order valence-electron chi connectivity index (χ2n) is 9.55. The van der Waals surface area contributed by atoms with E-state index >= 15 is 0 Å². The molecule has 0 spiro atoms. The molecule has 1 aromatic heterocycles. The van der Waals surface area contributed by atoms with E-state index in [1.807, 2.05) is 55.5 Å². The summed E-state index contributed by atoms with van der Waals surface area (Å²) in [7, 11) is 1.63. The van der Waals surface area contributed by atoms with Gasteiger partial charge < -0.3 is 14.5 Å². The Bertz CT molecular complexity index is 1450. The Hall–Kier alpha value is -4.26. The number of rotatable bonds is 8. The predicted molar refractivity (Wildman–Crippen MR) is 139 cm³/mol. The van der Waals surface area contributed by atoms with Crippen molar-refractivity contribution in [1.82, 2.24) is 5.16 Å². The Morgan fingerprint density at radius 2 is 1.62 bits per heavy atom. The maximum atomic E-state index is 13.5. The zero-order chi connectivity index (χ0) is 26.2. The summed E-state index contributed by atoms with van der Waals surface area (Å²) in [5.41, 5.74) is 5.08. The van der Waals surface area contributed by atoms with Crippen LogP contribution in [0.4, 0.5) is 10.1 Å². The molecule has 0 aliphatic heterocycles. The number of amides is 1. The molecule has 7 heteroatoms. The summed E-state index contributed by atoms with van der Waals surface area (Å²) in [6.45, 7) is 1.85. The fourth-order valence-electron chi connectivity index (χ4n) is 4.69. The van der Waals surface area contributed by atoms with Crippen molar-refractivity contribution < 1.29 is 23.6 Å². The van der Waals surface area contributed by atoms with Gasteiger partial charge in [0.2, 0.25) is 5.91 Å². The van der Waals surface area contributed by atoms with E-state index in [9.17, 15) is 19.1 Å². The summed E-state index contributed by atoms with van der Waals surface area (Å²) in [4.78, 5) is 25.8. The molecule has 3 aromatic carbocycles. The number of benzene rings is 3. The molecular weight excluding hydrogens is 471 g/mol. The Balaban J connectivity index is 1.29. The standard InChI is InChI=1S/C30H27FN2O4/c1-19-26(14-15-27(34)33(2)25-5-3-4-24(31)18-25)28(37-32-19)22-8-6-20(7-9-22)21-10-12-23(13-11-21)30(16-17-30)29(35)36/h3-13,18H,14-17H2,1-2H3,(H,35,36). The monoisotopic (exact) mass is 498 g/mol. The van der Waals surface area contributed by atoms with Crippen molar-refractivity contribution in [2.75, 3.05) is 11.9 Å². The van der Waals surface area contributed by atoms with Crippen LogP contribution in [0.2, 0.25) is 0 Å². The van der Waals surface area contributed by atoms with Crippen molar-refractivity contribution in [2.24, 2.45) is 0 Å². The van der Waals surface area contributed by atoms with E-state index < -0.39 is 11.4 Å². The number of carbonyl (C=O) groups is 2. The van der Waals surface area contributed by atoms with E-state index in [0.29, 0.717) is 30.7 Å². The number of nitrogens with zero attached hydrogens (tertiary/aromatic N) is 2. The molecule has 5 rings (SSSR count). The van der Waals surface area contributed by atoms with Crippen LogP contribution in [0, 0.1) is 12.7 Å². The molecule has 0 unspecified atom stereocenters. The van der Waals surface area contributed by atoms with Gasteiger partial charge in [0.05, 0.1) is 11.1 Å². The van der Waals surface area contributed by atoms with Crippen LogP contribution < -0.4 is 4.90 Å². The zero-order valence-electron chi connectivity index (χ0n) is 20.7. The Labute approximate surface area is 214 Å². The topological polar surface area (TPSA) is 83.6 Å². The first kappa shape index (κ1) is 24.4. The number of halogens is 1. The van der Waals surface area contributed by atoms with Gasteiger partial charge in [0.1, 0.15) is 5.82 Å². The SMILES string of the molecule is Cc1noc(-c2ccc(-c3ccc(C4(C(=O)O)CC4)cc3)cc2)c1CCC(=O)N(C)c1cccc(F)c1. The summed E-state index contributed by atoms with van der Waals surface area (Å²) in [6, 6.07) is 21.5. The Kier molecular flexibility index (Phi) is 6.38. The number of carbonyl (C=O) groups excluding carboxylic acids is 1. The van der Waals surface area contributed by atoms with E-state index in [1.54, 1.807) is 19.2 Å². The highest BCUT2D eigenvalue weighted by atomic mass is 19.1. The molecule has 1 N–H and O–H groups in total. The first-order chi connectivity index (χ1) is 17.8. The van der Waals surface area contributed by atoms with Gasteiger partial charge in [0.25, 0.3) is 0 Å². The van der Waals surface area contributed by atoms with Crippen LogP contribution in [-0.2, 0) is 21.4 Å². The summed E-state index contributed by atoms with van der Waals surface area (Å²) >= 11 is 0. The van der Waals surface area contributed by atoms with Crippen LogP contribution in [-0.4, -0.2) is 29.2 Å². The lowest BCUT2D eigenvalue weighted by Crippen LogP contribution is -2.26. The molecule has 1 aliphatic rings. The van der Waals surface area contributed by atoms with E-state index in [2.05, 4.69) is 5.16 Å². The van der Waals surface area contributed by atoms with Gasteiger partial charge in [-0.1, -0.05) is 59.8 Å². The van der Waals surface area contributed by atoms with Crippen molar-refractivity contribution in [3.63, 3.8) is 0 Å². The fraction of sp³-hybridized carbons (Fsp3) is 0.233. The van der Waals surface area contributed by atoms with Crippen molar-refractivity contribution in [2.45, 2.75) is 38.0 Å². The van der Waals surface area contributed by atoms with Crippen molar-refractivity contribution in [1.29, 1.82) is 0 Å². The summed E-state index contributed by atoms with van der Waals surface area (Å²) in [6.07, 6.45) is 2.03. The third kappa shape index (κ3) is 4.77. The number of hydrogen-bond donors (Lipinski definition) is 1. The molecule has 0 bridgehead atoms. The molecule has 1 amide bonds. The van der Waals surface area contributed by atoms with Crippen molar-refractivity contribution in [3.8, 4) is 22.5 Å². The normalized spacial score (nSPS) is 13.8. The van der Waals surface area contributed by atoms with E-state index in [4.69, 9.17) is 4.52 Å². The second kappa shape index (κ2) is 9.65. The summed E-state index contributed by atoms with van der Waals surface area (Å²) in [5, 5.41) is 13.6. The first-order valence-electron chi connectivity index (χ1n) is 12.2. The molecular formula is C30H27FN2O4. The average molecular weight is 499 g/mol. The minimum Gasteiger partial charge on any atom is -0.481 e. The third-order valence-corrected chi connectivity index (χ3v) is 7.22. The van der Waals surface area contributed by atoms with Crippen LogP contribution >= 0.6 is 0 Å². The molecule has 4 aromatic rings. The van der Waals surface area contributed by atoms with Gasteiger partial charge in [-0.2, -0.15) is 0 Å². The lowest BCUT2D eigenvalue weighted by molar-refractivity contribution is -0.140. The van der Waals surface area contributed by atoms with Gasteiger partial charge >= 0.3 is 5.97 Å². The number of aliphatic carboxylic acids is 1. The minimum atomic E-state index is -0.759. The van der Waals surface area contributed by atoms with Gasteiger partial charge in [0.15, 0.2) is 5.76 Å². The van der Waals surface area contributed by atoms with E-state index in [-0.39, 0.29) is 18.1 Å². The minimum absolute atomic E-state index is 0.133. The van der Waals surface area contributed by atoms with Gasteiger partial charge in [0, 0.05) is 30.3 Å². The van der Waals surface area contributed by atoms with Crippen molar-refractivity contribution in [3.05, 3.63) is 95.4 Å². The number of aryl methyl sites for hydroxylation is 1. The van der Waals surface area contributed by atoms with Gasteiger partial charge in [-0.25, -0.2) is 4.39 Å². The van der Waals surface area contributed by atoms with Crippen LogP contribution in [0.15, 0.2) is 77.3 Å². The predicted octanol–water partition coefficient (Wildman–Crippen LogP) is 6.17. The molecule has 37 heavy (non-hydrogen) atoms. The molecule has 188 valence electrons. The zero-order valence-corrected chi connectivity index (χ0v) is 20.7. The van der Waals surface area contributed by atoms with E-state index in [0.717, 1.165) is 33.5 Å². The highest BCUT2D eigenvalue weighted by Gasteiger charge is 2.51. The second-order valence-corrected chi connectivity index (χ2v) is 9.55. The Morgan fingerprint density at radius 3 is 2.22 bits per heavy atom. The molecule has 0 saturated heterocycles. The summed E-state index contributed by atoms with van der Waals surface area (Å²) < 4.78 is 19.2. The lowest BCUT2D eigenvalue weighted by atomic mass is 9.93. The molecule has 1 heterocycles. The number of carboxylic acid groups (broad SMARTS) is 1. The van der Waals surface area contributed by atoms with Crippen molar-refractivity contribution >= 4 is 17.6 Å². The fourth-order valence-corrected chi connectivity index (χ4v) is 4.69. The highest BCUT2D eigenvalue weighted by Crippen LogP contribution is 2.48. The summed E-state index contributed by atoms with van der Waals surface area (Å²) in [5.74, 6) is -0.657. The number of anilines is 1. The van der Waals surface area contributed by atoms with Crippen LogP contribution in [0.25, 0.3) is 22.5 Å². The number of carboxylic acids is 1. The molecule has 1 aliphatic carbocycles. The quantitative estimate of drug-likeness (QED) is 0.314. The largest absolute Gasteiger partial charge is 0.481 e. The Morgan fingerprint density at radius 1 is 1.00 bits per heavy atom. The molecule has 6 nitrogen and oxygen atoms in total. The third-order valence-electron chi connectivity index (χ3n) is 7.22. The maximum absolute atomic E-state index is 13.5.